The summed E-state index contributed by atoms with van der Waals surface area (Å²) >= 11 is 0. The van der Waals surface area contributed by atoms with Gasteiger partial charge < -0.3 is 15.4 Å². The molecule has 0 aliphatic carbocycles. The fourth-order valence-corrected chi connectivity index (χ4v) is 5.35. The molecule has 3 N–H and O–H groups in total. The van der Waals surface area contributed by atoms with Gasteiger partial charge in [0, 0.05) is 18.0 Å². The van der Waals surface area contributed by atoms with E-state index in [9.17, 15) is 21.6 Å². The third-order valence-electron chi connectivity index (χ3n) is 5.19. The molecule has 0 unspecified atom stereocenters. The SMILES string of the molecule is CCOc1ccc(NCC(=O)Nc2ccc(S(=O)(=O)Nc3cc(C)ccc3C)cc2)c(S(C)(=O)=O)c1. The van der Waals surface area contributed by atoms with Gasteiger partial charge in [-0.2, -0.15) is 0 Å². The van der Waals surface area contributed by atoms with E-state index in [2.05, 4.69) is 15.4 Å². The predicted octanol–water partition coefficient (Wildman–Crippen LogP) is 3.96. The predicted molar refractivity (Wildman–Crippen MR) is 141 cm³/mol. The van der Waals surface area contributed by atoms with Crippen LogP contribution < -0.4 is 20.1 Å². The molecule has 3 rings (SSSR count). The molecule has 11 heteroatoms. The van der Waals surface area contributed by atoms with Gasteiger partial charge in [-0.05, 0) is 74.4 Å². The Kier molecular flexibility index (Phi) is 8.26. The molecule has 0 aliphatic rings. The molecule has 0 aromatic heterocycles. The lowest BCUT2D eigenvalue weighted by Crippen LogP contribution is -2.22. The van der Waals surface area contributed by atoms with Crippen LogP contribution in [0.5, 0.6) is 5.75 Å². The van der Waals surface area contributed by atoms with Gasteiger partial charge in [-0.3, -0.25) is 9.52 Å². The number of sulfonamides is 1. The molecule has 0 bridgehead atoms. The zero-order valence-corrected chi connectivity index (χ0v) is 22.1. The van der Waals surface area contributed by atoms with Crippen LogP contribution in [0, 0.1) is 13.8 Å². The summed E-state index contributed by atoms with van der Waals surface area (Å²) in [5.74, 6) is -0.0255. The molecular weight excluding hydrogens is 502 g/mol. The fourth-order valence-electron chi connectivity index (χ4n) is 3.36. The topological polar surface area (TPSA) is 131 Å². The molecule has 0 spiro atoms. The van der Waals surface area contributed by atoms with Crippen molar-refractivity contribution in [1.82, 2.24) is 0 Å². The lowest BCUT2D eigenvalue weighted by atomic mass is 10.1. The molecule has 192 valence electrons. The van der Waals surface area contributed by atoms with Crippen molar-refractivity contribution in [2.45, 2.75) is 30.6 Å². The van der Waals surface area contributed by atoms with Gasteiger partial charge in [0.25, 0.3) is 10.0 Å². The molecule has 0 radical (unpaired) electrons. The van der Waals surface area contributed by atoms with Crippen molar-refractivity contribution in [3.63, 3.8) is 0 Å². The van der Waals surface area contributed by atoms with Gasteiger partial charge in [0.05, 0.1) is 34.3 Å². The summed E-state index contributed by atoms with van der Waals surface area (Å²) in [6.07, 6.45) is 1.08. The van der Waals surface area contributed by atoms with Crippen LogP contribution in [0.2, 0.25) is 0 Å². The highest BCUT2D eigenvalue weighted by Gasteiger charge is 2.17. The number of sulfone groups is 1. The second kappa shape index (κ2) is 11.0. The number of carbonyl (C=O) groups excluding carboxylic acids is 1. The number of aryl methyl sites for hydroxylation is 2. The summed E-state index contributed by atoms with van der Waals surface area (Å²) < 4.78 is 57.8. The van der Waals surface area contributed by atoms with E-state index in [1.807, 2.05) is 26.0 Å². The van der Waals surface area contributed by atoms with Gasteiger partial charge in [-0.25, -0.2) is 16.8 Å². The summed E-state index contributed by atoms with van der Waals surface area (Å²) in [4.78, 5) is 12.5. The van der Waals surface area contributed by atoms with E-state index in [1.165, 1.54) is 36.4 Å². The third-order valence-corrected chi connectivity index (χ3v) is 7.71. The largest absolute Gasteiger partial charge is 0.494 e. The van der Waals surface area contributed by atoms with Gasteiger partial charge in [-0.15, -0.1) is 0 Å². The quantitative estimate of drug-likeness (QED) is 0.361. The van der Waals surface area contributed by atoms with Crippen LogP contribution in [0.25, 0.3) is 0 Å². The van der Waals surface area contributed by atoms with Crippen molar-refractivity contribution in [3.05, 3.63) is 71.8 Å². The highest BCUT2D eigenvalue weighted by molar-refractivity contribution is 7.92. The van der Waals surface area contributed by atoms with Crippen molar-refractivity contribution in [2.75, 3.05) is 34.8 Å². The smallest absolute Gasteiger partial charge is 0.261 e. The second-order valence-corrected chi connectivity index (χ2v) is 11.9. The number of rotatable bonds is 10. The molecule has 0 saturated carbocycles. The van der Waals surface area contributed by atoms with Gasteiger partial charge in [0.2, 0.25) is 5.91 Å². The number of benzene rings is 3. The zero-order valence-electron chi connectivity index (χ0n) is 20.5. The first kappa shape index (κ1) is 27.0. The number of hydrogen-bond acceptors (Lipinski definition) is 7. The summed E-state index contributed by atoms with van der Waals surface area (Å²) in [5.41, 5.74) is 2.89. The van der Waals surface area contributed by atoms with Crippen LogP contribution in [0.15, 0.2) is 70.5 Å². The maximum atomic E-state index is 12.8. The average Bonchev–Trinajstić information content (AvgIpc) is 2.80. The van der Waals surface area contributed by atoms with Crippen molar-refractivity contribution in [2.24, 2.45) is 0 Å². The number of nitrogens with one attached hydrogen (secondary N) is 3. The number of ether oxygens (including phenoxy) is 1. The van der Waals surface area contributed by atoms with Crippen LogP contribution >= 0.6 is 0 Å². The Morgan fingerprint density at radius 3 is 2.22 bits per heavy atom. The lowest BCUT2D eigenvalue weighted by Gasteiger charge is -2.14. The molecule has 0 atom stereocenters. The summed E-state index contributed by atoms with van der Waals surface area (Å²) in [6.45, 7) is 5.67. The molecule has 0 aliphatic heterocycles. The van der Waals surface area contributed by atoms with Crippen molar-refractivity contribution >= 4 is 42.8 Å². The minimum absolute atomic E-state index is 0.0205. The van der Waals surface area contributed by atoms with Crippen LogP contribution in [0.1, 0.15) is 18.1 Å². The third kappa shape index (κ3) is 6.98. The van der Waals surface area contributed by atoms with E-state index >= 15 is 0 Å². The van der Waals surface area contributed by atoms with E-state index in [4.69, 9.17) is 4.74 Å². The fraction of sp³-hybridized carbons (Fsp3) is 0.240. The first-order valence-electron chi connectivity index (χ1n) is 11.1. The maximum absolute atomic E-state index is 12.8. The molecule has 36 heavy (non-hydrogen) atoms. The van der Waals surface area contributed by atoms with Crippen LogP contribution in [-0.2, 0) is 24.7 Å². The standard InChI is InChI=1S/C25H29N3O6S2/c1-5-34-20-10-13-22(24(15-20)35(4,30)31)26-16-25(29)27-19-8-11-21(12-9-19)36(32,33)28-23-14-17(2)6-7-18(23)3/h6-15,26,28H,5,16H2,1-4H3,(H,27,29). The number of anilines is 3. The van der Waals surface area contributed by atoms with Gasteiger partial charge >= 0.3 is 0 Å². The summed E-state index contributed by atoms with van der Waals surface area (Å²) in [6, 6.07) is 15.8. The Morgan fingerprint density at radius 1 is 0.889 bits per heavy atom. The second-order valence-electron chi connectivity index (χ2n) is 8.21. The summed E-state index contributed by atoms with van der Waals surface area (Å²) in [5, 5.41) is 5.49. The van der Waals surface area contributed by atoms with Crippen LogP contribution in [0.3, 0.4) is 0 Å². The molecule has 1 amide bonds. The van der Waals surface area contributed by atoms with Gasteiger partial charge in [0.1, 0.15) is 5.75 Å². The van der Waals surface area contributed by atoms with E-state index in [1.54, 1.807) is 19.1 Å². The van der Waals surface area contributed by atoms with Crippen LogP contribution in [0.4, 0.5) is 17.1 Å². The Labute approximate surface area is 211 Å². The molecule has 0 heterocycles. The highest BCUT2D eigenvalue weighted by Crippen LogP contribution is 2.27. The monoisotopic (exact) mass is 531 g/mol. The van der Waals surface area contributed by atoms with E-state index in [0.717, 1.165) is 17.4 Å². The molecule has 9 nitrogen and oxygen atoms in total. The Hall–Kier alpha value is -3.57. The molecule has 3 aromatic rings. The molecule has 3 aromatic carbocycles. The van der Waals surface area contributed by atoms with E-state index in [-0.39, 0.29) is 22.0 Å². The van der Waals surface area contributed by atoms with E-state index < -0.39 is 25.8 Å². The van der Waals surface area contributed by atoms with E-state index in [0.29, 0.717) is 23.7 Å². The van der Waals surface area contributed by atoms with Crippen molar-refractivity contribution in [3.8, 4) is 5.75 Å². The highest BCUT2D eigenvalue weighted by atomic mass is 32.2. The number of carbonyl (C=O) groups is 1. The minimum Gasteiger partial charge on any atom is -0.494 e. The van der Waals surface area contributed by atoms with Crippen molar-refractivity contribution < 1.29 is 26.4 Å². The Balaban J connectivity index is 1.66. The number of hydrogen-bond donors (Lipinski definition) is 3. The first-order chi connectivity index (χ1) is 16.9. The van der Waals surface area contributed by atoms with Crippen molar-refractivity contribution in [1.29, 1.82) is 0 Å². The molecular formula is C25H29N3O6S2. The van der Waals surface area contributed by atoms with Crippen LogP contribution in [-0.4, -0.2) is 42.2 Å². The lowest BCUT2D eigenvalue weighted by molar-refractivity contribution is -0.114. The minimum atomic E-state index is -3.81. The molecule has 0 saturated heterocycles. The maximum Gasteiger partial charge on any atom is 0.261 e. The normalized spacial score (nSPS) is 11.6. The van der Waals surface area contributed by atoms with Gasteiger partial charge in [-0.1, -0.05) is 12.1 Å². The Morgan fingerprint density at radius 2 is 1.58 bits per heavy atom. The zero-order chi connectivity index (χ0) is 26.5. The van der Waals surface area contributed by atoms with Gasteiger partial charge in [0.15, 0.2) is 9.84 Å². The Bertz CT molecular complexity index is 1470. The molecule has 0 fully saturated rings. The first-order valence-corrected chi connectivity index (χ1v) is 14.5. The summed E-state index contributed by atoms with van der Waals surface area (Å²) in [7, 11) is -7.38. The average molecular weight is 532 g/mol. The number of amides is 1.